The molecule has 0 aliphatic heterocycles. The molecule has 94 valence electrons. The van der Waals surface area contributed by atoms with Crippen LogP contribution in [0.2, 0.25) is 10.0 Å². The zero-order valence-electron chi connectivity index (χ0n) is 9.69. The van der Waals surface area contributed by atoms with E-state index >= 15 is 0 Å². The van der Waals surface area contributed by atoms with E-state index < -0.39 is 4.32 Å². The van der Waals surface area contributed by atoms with Crippen LogP contribution in [0.5, 0.6) is 0 Å². The van der Waals surface area contributed by atoms with Gasteiger partial charge in [-0.25, -0.2) is 0 Å². The predicted molar refractivity (Wildman–Crippen MR) is 77.3 cm³/mol. The minimum atomic E-state index is -0.562. The number of anilines is 1. The SMILES string of the molecule is CCCC(C)(Br)C(=O)Nc1ccc(Cl)c(Cl)c1. The molecular formula is C12H14BrCl2NO. The van der Waals surface area contributed by atoms with Gasteiger partial charge < -0.3 is 5.32 Å². The minimum Gasteiger partial charge on any atom is -0.325 e. The number of halogens is 3. The number of hydrogen-bond donors (Lipinski definition) is 1. The van der Waals surface area contributed by atoms with Gasteiger partial charge in [-0.2, -0.15) is 0 Å². The number of carbonyl (C=O) groups is 1. The fourth-order valence-corrected chi connectivity index (χ4v) is 2.21. The molecule has 0 aliphatic rings. The fourth-order valence-electron chi connectivity index (χ4n) is 1.42. The third-order valence-corrected chi connectivity index (χ3v) is 3.87. The average molecular weight is 339 g/mol. The molecule has 0 saturated heterocycles. The highest BCUT2D eigenvalue weighted by molar-refractivity contribution is 9.10. The van der Waals surface area contributed by atoms with E-state index in [1.807, 2.05) is 13.8 Å². The largest absolute Gasteiger partial charge is 0.325 e. The summed E-state index contributed by atoms with van der Waals surface area (Å²) in [5.74, 6) is -0.0854. The molecule has 1 rings (SSSR count). The smallest absolute Gasteiger partial charge is 0.240 e. The first-order valence-corrected chi connectivity index (χ1v) is 6.87. The second kappa shape index (κ2) is 6.07. The maximum atomic E-state index is 12.0. The van der Waals surface area contributed by atoms with E-state index in [-0.39, 0.29) is 5.91 Å². The molecule has 1 aromatic rings. The van der Waals surface area contributed by atoms with Gasteiger partial charge in [0.15, 0.2) is 0 Å². The number of alkyl halides is 1. The lowest BCUT2D eigenvalue weighted by Gasteiger charge is -2.20. The molecule has 0 heterocycles. The number of rotatable bonds is 4. The van der Waals surface area contributed by atoms with Crippen LogP contribution in [0.1, 0.15) is 26.7 Å². The molecule has 0 radical (unpaired) electrons. The summed E-state index contributed by atoms with van der Waals surface area (Å²) >= 11 is 15.1. The first kappa shape index (κ1) is 14.8. The van der Waals surface area contributed by atoms with Crippen LogP contribution in [0.4, 0.5) is 5.69 Å². The summed E-state index contributed by atoms with van der Waals surface area (Å²) in [5.41, 5.74) is 0.645. The van der Waals surface area contributed by atoms with Crippen LogP contribution in [-0.2, 0) is 4.79 Å². The van der Waals surface area contributed by atoms with Crippen LogP contribution in [0.15, 0.2) is 18.2 Å². The summed E-state index contributed by atoms with van der Waals surface area (Å²) in [6.07, 6.45) is 1.69. The lowest BCUT2D eigenvalue weighted by Crippen LogP contribution is -2.34. The standard InChI is InChI=1S/C12H14BrCl2NO/c1-3-6-12(2,13)11(17)16-8-4-5-9(14)10(15)7-8/h4-5,7H,3,6H2,1-2H3,(H,16,17). The summed E-state index contributed by atoms with van der Waals surface area (Å²) in [6.45, 7) is 3.88. The molecule has 0 aliphatic carbocycles. The van der Waals surface area contributed by atoms with Gasteiger partial charge in [0.1, 0.15) is 4.32 Å². The van der Waals surface area contributed by atoms with Gasteiger partial charge in [-0.3, -0.25) is 4.79 Å². The zero-order chi connectivity index (χ0) is 13.1. The molecule has 0 saturated carbocycles. The van der Waals surface area contributed by atoms with Gasteiger partial charge in [0.05, 0.1) is 10.0 Å². The normalized spacial score (nSPS) is 14.2. The van der Waals surface area contributed by atoms with Crippen molar-refractivity contribution in [2.75, 3.05) is 5.32 Å². The molecule has 17 heavy (non-hydrogen) atoms. The topological polar surface area (TPSA) is 29.1 Å². The van der Waals surface area contributed by atoms with E-state index in [1.54, 1.807) is 18.2 Å². The molecule has 1 unspecified atom stereocenters. The molecule has 0 bridgehead atoms. The van der Waals surface area contributed by atoms with Crippen molar-refractivity contribution >= 4 is 50.7 Å². The number of benzene rings is 1. The van der Waals surface area contributed by atoms with E-state index in [4.69, 9.17) is 23.2 Å². The average Bonchev–Trinajstić information content (AvgIpc) is 2.23. The van der Waals surface area contributed by atoms with Gasteiger partial charge in [-0.15, -0.1) is 0 Å². The Balaban J connectivity index is 2.77. The second-order valence-electron chi connectivity index (χ2n) is 4.03. The van der Waals surface area contributed by atoms with Crippen LogP contribution in [0.25, 0.3) is 0 Å². The van der Waals surface area contributed by atoms with Gasteiger partial charge >= 0.3 is 0 Å². The van der Waals surface area contributed by atoms with Crippen molar-refractivity contribution in [2.45, 2.75) is 31.0 Å². The van der Waals surface area contributed by atoms with Crippen LogP contribution < -0.4 is 5.32 Å². The van der Waals surface area contributed by atoms with Crippen LogP contribution in [-0.4, -0.2) is 10.2 Å². The Labute approximate surface area is 120 Å². The Morgan fingerprint density at radius 3 is 2.59 bits per heavy atom. The molecular weight excluding hydrogens is 325 g/mol. The monoisotopic (exact) mass is 337 g/mol. The van der Waals surface area contributed by atoms with Gasteiger partial charge in [-0.05, 0) is 31.5 Å². The Bertz CT molecular complexity index is 421. The molecule has 1 atom stereocenters. The highest BCUT2D eigenvalue weighted by Crippen LogP contribution is 2.28. The van der Waals surface area contributed by atoms with E-state index in [9.17, 15) is 4.79 Å². The number of carbonyl (C=O) groups excluding carboxylic acids is 1. The van der Waals surface area contributed by atoms with Crippen molar-refractivity contribution in [1.82, 2.24) is 0 Å². The minimum absolute atomic E-state index is 0.0854. The second-order valence-corrected chi connectivity index (χ2v) is 6.60. The molecule has 1 aromatic carbocycles. The van der Waals surface area contributed by atoms with Crippen LogP contribution in [0.3, 0.4) is 0 Å². The lowest BCUT2D eigenvalue weighted by molar-refractivity contribution is -0.118. The highest BCUT2D eigenvalue weighted by Gasteiger charge is 2.28. The molecule has 0 aromatic heterocycles. The quantitative estimate of drug-likeness (QED) is 0.778. The summed E-state index contributed by atoms with van der Waals surface area (Å²) in [6, 6.07) is 5.02. The van der Waals surface area contributed by atoms with Gasteiger partial charge in [0, 0.05) is 5.69 Å². The number of nitrogens with one attached hydrogen (secondary N) is 1. The maximum Gasteiger partial charge on any atom is 0.240 e. The van der Waals surface area contributed by atoms with Gasteiger partial charge in [-0.1, -0.05) is 52.5 Å². The van der Waals surface area contributed by atoms with Crippen molar-refractivity contribution in [1.29, 1.82) is 0 Å². The van der Waals surface area contributed by atoms with Crippen LogP contribution in [0, 0.1) is 0 Å². The predicted octanol–water partition coefficient (Wildman–Crippen LogP) is 4.89. The lowest BCUT2D eigenvalue weighted by atomic mass is 10.1. The first-order chi connectivity index (χ1) is 7.86. The van der Waals surface area contributed by atoms with Crippen molar-refractivity contribution in [3.8, 4) is 0 Å². The third kappa shape index (κ3) is 4.16. The number of hydrogen-bond acceptors (Lipinski definition) is 1. The Hall–Kier alpha value is -0.250. The Morgan fingerprint density at radius 1 is 1.41 bits per heavy atom. The van der Waals surface area contributed by atoms with Crippen molar-refractivity contribution < 1.29 is 4.79 Å². The fraction of sp³-hybridized carbons (Fsp3) is 0.417. The van der Waals surface area contributed by atoms with E-state index in [2.05, 4.69) is 21.2 Å². The molecule has 1 amide bonds. The van der Waals surface area contributed by atoms with E-state index in [0.29, 0.717) is 15.7 Å². The van der Waals surface area contributed by atoms with Gasteiger partial charge in [0.2, 0.25) is 5.91 Å². The Kier molecular flexibility index (Phi) is 5.29. The van der Waals surface area contributed by atoms with E-state index in [0.717, 1.165) is 12.8 Å². The molecule has 1 N–H and O–H groups in total. The first-order valence-electron chi connectivity index (χ1n) is 5.32. The summed E-state index contributed by atoms with van der Waals surface area (Å²) in [4.78, 5) is 12.0. The summed E-state index contributed by atoms with van der Waals surface area (Å²) in [5, 5.41) is 3.71. The van der Waals surface area contributed by atoms with Crippen molar-refractivity contribution in [3.63, 3.8) is 0 Å². The molecule has 2 nitrogen and oxygen atoms in total. The van der Waals surface area contributed by atoms with Crippen molar-refractivity contribution in [2.24, 2.45) is 0 Å². The molecule has 5 heteroatoms. The maximum absolute atomic E-state index is 12.0. The number of amides is 1. The third-order valence-electron chi connectivity index (χ3n) is 2.37. The Morgan fingerprint density at radius 2 is 2.06 bits per heavy atom. The molecule has 0 spiro atoms. The van der Waals surface area contributed by atoms with Gasteiger partial charge in [0.25, 0.3) is 0 Å². The van der Waals surface area contributed by atoms with Crippen molar-refractivity contribution in [3.05, 3.63) is 28.2 Å². The highest BCUT2D eigenvalue weighted by atomic mass is 79.9. The summed E-state index contributed by atoms with van der Waals surface area (Å²) in [7, 11) is 0. The zero-order valence-corrected chi connectivity index (χ0v) is 12.8. The van der Waals surface area contributed by atoms with Crippen LogP contribution >= 0.6 is 39.1 Å². The van der Waals surface area contributed by atoms with E-state index in [1.165, 1.54) is 0 Å². The summed E-state index contributed by atoms with van der Waals surface area (Å²) < 4.78 is -0.562. The molecule has 0 fully saturated rings.